The van der Waals surface area contributed by atoms with Crippen LogP contribution in [0, 0.1) is 5.53 Å². The van der Waals surface area contributed by atoms with Gasteiger partial charge < -0.3 is 5.84 Å². The highest BCUT2D eigenvalue weighted by Crippen LogP contribution is 1.87. The van der Waals surface area contributed by atoms with Crippen molar-refractivity contribution in [2.24, 2.45) is 21.3 Å². The van der Waals surface area contributed by atoms with Crippen molar-refractivity contribution in [2.75, 3.05) is 6.54 Å². The monoisotopic (exact) mass is 115 g/mol. The average molecular weight is 115 g/mol. The Morgan fingerprint density at radius 1 is 1.75 bits per heavy atom. The smallest absolute Gasteiger partial charge is 0.0891 e. The molecule has 0 saturated heterocycles. The van der Waals surface area contributed by atoms with Crippen LogP contribution < -0.4 is 5.84 Å². The van der Waals surface area contributed by atoms with Crippen LogP contribution in [0.4, 0.5) is 0 Å². The minimum atomic E-state index is -0.0951. The topological polar surface area (TPSA) is 86.9 Å². The van der Waals surface area contributed by atoms with Gasteiger partial charge in [-0.2, -0.15) is 10.2 Å². The Kier molecular flexibility index (Phi) is 3.65. The number of hydrogen-bond acceptors (Lipinski definition) is 4. The molecule has 0 aliphatic rings. The predicted molar refractivity (Wildman–Crippen MR) is 28.5 cm³/mol. The van der Waals surface area contributed by atoms with Gasteiger partial charge in [0.15, 0.2) is 0 Å². The van der Waals surface area contributed by atoms with Gasteiger partial charge in [-0.15, -0.1) is 0 Å². The predicted octanol–water partition coefficient (Wildman–Crippen LogP) is 0.732. The first-order chi connectivity index (χ1) is 3.81. The summed E-state index contributed by atoms with van der Waals surface area (Å²) in [5.74, 6) is 4.69. The second kappa shape index (κ2) is 4.17. The van der Waals surface area contributed by atoms with Gasteiger partial charge in [-0.05, 0) is 6.92 Å². The van der Waals surface area contributed by atoms with E-state index in [0.717, 1.165) is 0 Å². The summed E-state index contributed by atoms with van der Waals surface area (Å²) in [6.07, 6.45) is 0. The molecule has 0 aliphatic carbocycles. The van der Waals surface area contributed by atoms with E-state index in [-0.39, 0.29) is 6.04 Å². The van der Waals surface area contributed by atoms with Crippen LogP contribution in [0.5, 0.6) is 0 Å². The van der Waals surface area contributed by atoms with Crippen molar-refractivity contribution in [3.05, 3.63) is 0 Å². The van der Waals surface area contributed by atoms with Gasteiger partial charge in [-0.3, -0.25) is 0 Å². The Balaban J connectivity index is 3.23. The number of hydrogen-bond donors (Lipinski definition) is 2. The molecule has 0 saturated carbocycles. The lowest BCUT2D eigenvalue weighted by molar-refractivity contribution is 0.668. The fourth-order valence-corrected chi connectivity index (χ4v) is 0.206. The fourth-order valence-electron chi connectivity index (χ4n) is 0.206. The second-order valence-corrected chi connectivity index (χ2v) is 1.42. The van der Waals surface area contributed by atoms with Crippen LogP contribution >= 0.6 is 0 Å². The first-order valence-electron chi connectivity index (χ1n) is 2.24. The van der Waals surface area contributed by atoms with Crippen LogP contribution in [-0.4, -0.2) is 12.6 Å². The van der Waals surface area contributed by atoms with E-state index in [4.69, 9.17) is 5.53 Å². The van der Waals surface area contributed by atoms with Crippen molar-refractivity contribution in [3.63, 3.8) is 0 Å². The largest absolute Gasteiger partial charge is 0.305 e. The highest BCUT2D eigenvalue weighted by molar-refractivity contribution is 4.55. The highest BCUT2D eigenvalue weighted by Gasteiger charge is 1.92. The highest BCUT2D eigenvalue weighted by atomic mass is 15.3. The molecule has 0 spiro atoms. The summed E-state index contributed by atoms with van der Waals surface area (Å²) in [5, 5.41) is 9.60. The van der Waals surface area contributed by atoms with Crippen molar-refractivity contribution >= 4 is 0 Å². The minimum Gasteiger partial charge on any atom is -0.305 e. The molecule has 0 radical (unpaired) electrons. The third-order valence-electron chi connectivity index (χ3n) is 0.648. The van der Waals surface area contributed by atoms with Crippen molar-refractivity contribution in [3.8, 4) is 0 Å². The van der Waals surface area contributed by atoms with E-state index in [2.05, 4.69) is 21.3 Å². The Bertz CT molecular complexity index is 87.7. The van der Waals surface area contributed by atoms with Crippen molar-refractivity contribution in [1.29, 1.82) is 5.53 Å². The molecule has 0 bridgehead atoms. The van der Waals surface area contributed by atoms with Crippen molar-refractivity contribution in [1.82, 2.24) is 0 Å². The number of nitrogens with zero attached hydrogens (tertiary/aromatic N) is 3. The zero-order valence-corrected chi connectivity index (χ0v) is 4.70. The van der Waals surface area contributed by atoms with Gasteiger partial charge in [0.25, 0.3) is 0 Å². The zero-order valence-electron chi connectivity index (χ0n) is 4.70. The summed E-state index contributed by atoms with van der Waals surface area (Å²) in [6.45, 7) is 2.17. The van der Waals surface area contributed by atoms with Gasteiger partial charge in [-0.25, -0.2) is 5.53 Å². The van der Waals surface area contributed by atoms with E-state index in [0.29, 0.717) is 6.54 Å². The molecule has 0 heterocycles. The van der Waals surface area contributed by atoms with E-state index < -0.39 is 0 Å². The van der Waals surface area contributed by atoms with Crippen LogP contribution in [-0.2, 0) is 0 Å². The number of nitrogens with one attached hydrogen (secondary N) is 1. The molecule has 3 N–H and O–H groups in total. The summed E-state index contributed by atoms with van der Waals surface area (Å²) >= 11 is 0. The van der Waals surface area contributed by atoms with Crippen LogP contribution in [0.2, 0.25) is 0 Å². The molecule has 1 unspecified atom stereocenters. The summed E-state index contributed by atoms with van der Waals surface area (Å²) in [4.78, 5) is 0. The van der Waals surface area contributed by atoms with Gasteiger partial charge in [0.05, 0.1) is 12.6 Å². The number of rotatable bonds is 3. The van der Waals surface area contributed by atoms with Crippen LogP contribution in [0.1, 0.15) is 6.92 Å². The Morgan fingerprint density at radius 3 is 2.75 bits per heavy atom. The SMILES string of the molecule is CC(CN=NN)N=N. The van der Waals surface area contributed by atoms with E-state index in [1.165, 1.54) is 0 Å². The van der Waals surface area contributed by atoms with Crippen LogP contribution in [0.15, 0.2) is 15.5 Å². The molecule has 5 nitrogen and oxygen atoms in total. The van der Waals surface area contributed by atoms with E-state index >= 15 is 0 Å². The lowest BCUT2D eigenvalue weighted by Gasteiger charge is -1.92. The molecule has 0 amide bonds. The maximum Gasteiger partial charge on any atom is 0.0891 e. The lowest BCUT2D eigenvalue weighted by atomic mass is 10.4. The second-order valence-electron chi connectivity index (χ2n) is 1.42. The van der Waals surface area contributed by atoms with Gasteiger partial charge >= 0.3 is 0 Å². The summed E-state index contributed by atoms with van der Waals surface area (Å²) in [7, 11) is 0. The molecule has 0 fully saturated rings. The molecular formula is C3H9N5. The molecule has 5 heteroatoms. The first-order valence-corrected chi connectivity index (χ1v) is 2.24. The van der Waals surface area contributed by atoms with Crippen LogP contribution in [0.3, 0.4) is 0 Å². The molecule has 0 aromatic heterocycles. The van der Waals surface area contributed by atoms with Crippen LogP contribution in [0.25, 0.3) is 0 Å². The maximum atomic E-state index is 6.47. The van der Waals surface area contributed by atoms with Gasteiger partial charge in [0, 0.05) is 0 Å². The molecule has 0 aromatic rings. The van der Waals surface area contributed by atoms with E-state index in [1.807, 2.05) is 0 Å². The average Bonchev–Trinajstić information content (AvgIpc) is 1.83. The van der Waals surface area contributed by atoms with Gasteiger partial charge in [0.2, 0.25) is 0 Å². The molecule has 0 aromatic carbocycles. The first kappa shape index (κ1) is 7.00. The van der Waals surface area contributed by atoms with E-state index in [9.17, 15) is 0 Å². The fraction of sp³-hybridized carbons (Fsp3) is 1.00. The van der Waals surface area contributed by atoms with Gasteiger partial charge in [0.1, 0.15) is 0 Å². The molecular weight excluding hydrogens is 106 g/mol. The third kappa shape index (κ3) is 3.20. The van der Waals surface area contributed by atoms with Crippen molar-refractivity contribution < 1.29 is 0 Å². The number of nitrogens with two attached hydrogens (primary N) is 1. The molecule has 0 rings (SSSR count). The minimum absolute atomic E-state index is 0.0951. The Hall–Kier alpha value is -1.00. The molecule has 1 atom stereocenters. The normalized spacial score (nSPS) is 14.1. The molecule has 46 valence electrons. The third-order valence-corrected chi connectivity index (χ3v) is 0.648. The van der Waals surface area contributed by atoms with E-state index in [1.54, 1.807) is 6.92 Å². The lowest BCUT2D eigenvalue weighted by Crippen LogP contribution is -2.00. The van der Waals surface area contributed by atoms with Crippen molar-refractivity contribution in [2.45, 2.75) is 13.0 Å². The summed E-state index contributed by atoms with van der Waals surface area (Å²) < 4.78 is 0. The molecule has 0 aliphatic heterocycles. The maximum absolute atomic E-state index is 6.47. The summed E-state index contributed by atoms with van der Waals surface area (Å²) in [6, 6.07) is -0.0951. The standard InChI is InChI=1S/C3H9N5/c1-3(7-4)2-6-8-5/h3-4H,2H2,1H3,(H2,5,6). The quantitative estimate of drug-likeness (QED) is 0.317. The zero-order chi connectivity index (χ0) is 6.41. The van der Waals surface area contributed by atoms with Gasteiger partial charge in [-0.1, -0.05) is 5.22 Å². The Morgan fingerprint density at radius 2 is 2.38 bits per heavy atom. The summed E-state index contributed by atoms with van der Waals surface area (Å²) in [5.41, 5.74) is 6.47. The molecule has 8 heavy (non-hydrogen) atoms. The Labute approximate surface area is 47.5 Å².